The fraction of sp³-hybridized carbons (Fsp3) is 0.190. The maximum Gasteiger partial charge on any atom is 0.335 e. The van der Waals surface area contributed by atoms with Gasteiger partial charge in [-0.05, 0) is 55.3 Å². The Morgan fingerprint density at radius 3 is 2.28 bits per heavy atom. The van der Waals surface area contributed by atoms with Crippen LogP contribution in [-0.2, 0) is 11.4 Å². The number of carbonyl (C=O) groups is 2. The largest absolute Gasteiger partial charge is 0.486 e. The Hall–Kier alpha value is -3.01. The minimum Gasteiger partial charge on any atom is -0.486 e. The van der Waals surface area contributed by atoms with Crippen LogP contribution < -0.4 is 10.1 Å². The van der Waals surface area contributed by atoms with Crippen LogP contribution in [0.25, 0.3) is 6.08 Å². The summed E-state index contributed by atoms with van der Waals surface area (Å²) < 4.78 is 5.66. The summed E-state index contributed by atoms with van der Waals surface area (Å²) in [6, 6.07) is 11.0. The number of nitrogens with zero attached hydrogens (tertiary/aromatic N) is 1. The highest BCUT2D eigenvalue weighted by Gasteiger charge is 2.13. The van der Waals surface area contributed by atoms with Crippen molar-refractivity contribution >= 4 is 41.2 Å². The summed E-state index contributed by atoms with van der Waals surface area (Å²) >= 11 is 12.5. The lowest BCUT2D eigenvalue weighted by Gasteiger charge is -2.12. The molecule has 0 aliphatic carbocycles. The van der Waals surface area contributed by atoms with Crippen molar-refractivity contribution in [2.24, 2.45) is 0 Å². The number of carbonyl (C=O) groups excluding carboxylic acids is 1. The maximum absolute atomic E-state index is 12.0. The van der Waals surface area contributed by atoms with E-state index >= 15 is 0 Å². The average Bonchev–Trinajstić information content (AvgIpc) is 2.65. The number of carboxylic acids is 1. The van der Waals surface area contributed by atoms with Crippen LogP contribution >= 0.6 is 23.2 Å². The van der Waals surface area contributed by atoms with Crippen LogP contribution in [0.1, 0.15) is 35.3 Å². The fourth-order valence-electron chi connectivity index (χ4n) is 2.35. The van der Waals surface area contributed by atoms with E-state index in [0.29, 0.717) is 5.56 Å². The second-order valence-electron chi connectivity index (χ2n) is 6.40. The molecule has 0 atom stereocenters. The number of benzene rings is 2. The van der Waals surface area contributed by atoms with E-state index in [9.17, 15) is 14.9 Å². The topological polar surface area (TPSA) is 99.4 Å². The summed E-state index contributed by atoms with van der Waals surface area (Å²) in [4.78, 5) is 22.9. The van der Waals surface area contributed by atoms with Gasteiger partial charge in [-0.25, -0.2) is 4.79 Å². The number of nitriles is 1. The number of rotatable bonds is 7. The first-order chi connectivity index (χ1) is 13.7. The molecule has 2 aromatic rings. The molecule has 2 rings (SSSR count). The lowest BCUT2D eigenvalue weighted by atomic mass is 10.1. The van der Waals surface area contributed by atoms with Gasteiger partial charge in [-0.2, -0.15) is 5.26 Å². The number of ether oxygens (including phenoxy) is 1. The van der Waals surface area contributed by atoms with Crippen molar-refractivity contribution in [3.63, 3.8) is 0 Å². The van der Waals surface area contributed by atoms with Gasteiger partial charge in [0.2, 0.25) is 0 Å². The molecular weight excluding hydrogens is 415 g/mol. The minimum atomic E-state index is -1.01. The maximum atomic E-state index is 12.0. The average molecular weight is 433 g/mol. The van der Waals surface area contributed by atoms with E-state index in [1.807, 2.05) is 6.07 Å². The van der Waals surface area contributed by atoms with Crippen molar-refractivity contribution in [2.45, 2.75) is 26.5 Å². The molecule has 0 aliphatic rings. The van der Waals surface area contributed by atoms with E-state index in [-0.39, 0.29) is 39.6 Å². The van der Waals surface area contributed by atoms with Crippen molar-refractivity contribution in [3.8, 4) is 11.8 Å². The Labute approximate surface area is 178 Å². The van der Waals surface area contributed by atoms with Gasteiger partial charge in [0.25, 0.3) is 5.91 Å². The zero-order valence-electron chi connectivity index (χ0n) is 15.7. The number of aromatic carboxylic acids is 1. The Bertz CT molecular complexity index is 970. The third-order valence-electron chi connectivity index (χ3n) is 3.70. The SMILES string of the molecule is CC(C)NC(=O)/C(C#N)=C\c1cc(Cl)c(OCc2ccc(C(=O)O)cc2)c(Cl)c1. The van der Waals surface area contributed by atoms with Crippen molar-refractivity contribution < 1.29 is 19.4 Å². The van der Waals surface area contributed by atoms with Gasteiger partial charge >= 0.3 is 5.97 Å². The van der Waals surface area contributed by atoms with E-state index in [4.69, 9.17) is 33.0 Å². The second kappa shape index (κ2) is 9.97. The number of halogens is 2. The zero-order chi connectivity index (χ0) is 21.6. The van der Waals surface area contributed by atoms with Crippen LogP contribution in [0, 0.1) is 11.3 Å². The molecule has 2 N–H and O–H groups in total. The van der Waals surface area contributed by atoms with Crippen LogP contribution in [0.4, 0.5) is 0 Å². The zero-order valence-corrected chi connectivity index (χ0v) is 17.2. The van der Waals surface area contributed by atoms with Gasteiger partial charge in [0.1, 0.15) is 18.2 Å². The number of hydrogen-bond donors (Lipinski definition) is 2. The van der Waals surface area contributed by atoms with Crippen molar-refractivity contribution in [1.29, 1.82) is 5.26 Å². The van der Waals surface area contributed by atoms with Crippen molar-refractivity contribution in [2.75, 3.05) is 0 Å². The van der Waals surface area contributed by atoms with Crippen LogP contribution in [0.2, 0.25) is 10.0 Å². The summed E-state index contributed by atoms with van der Waals surface area (Å²) in [7, 11) is 0. The van der Waals surface area contributed by atoms with Crippen LogP contribution in [0.5, 0.6) is 5.75 Å². The predicted octanol–water partition coefficient (Wildman–Crippen LogP) is 4.70. The quantitative estimate of drug-likeness (QED) is 0.487. The second-order valence-corrected chi connectivity index (χ2v) is 7.22. The molecule has 0 aromatic heterocycles. The predicted molar refractivity (Wildman–Crippen MR) is 111 cm³/mol. The normalized spacial score (nSPS) is 11.1. The summed E-state index contributed by atoms with van der Waals surface area (Å²) in [6.07, 6.45) is 1.39. The fourth-order valence-corrected chi connectivity index (χ4v) is 2.97. The summed E-state index contributed by atoms with van der Waals surface area (Å²) in [5, 5.41) is 21.2. The van der Waals surface area contributed by atoms with Gasteiger partial charge in [-0.1, -0.05) is 35.3 Å². The van der Waals surface area contributed by atoms with E-state index in [1.54, 1.807) is 26.0 Å². The molecule has 0 fully saturated rings. The highest BCUT2D eigenvalue weighted by Crippen LogP contribution is 2.35. The summed E-state index contributed by atoms with van der Waals surface area (Å²) in [6.45, 7) is 3.72. The molecular formula is C21H18Cl2N2O4. The van der Waals surface area contributed by atoms with E-state index in [1.165, 1.54) is 30.3 Å². The number of amides is 1. The molecule has 150 valence electrons. The first-order valence-electron chi connectivity index (χ1n) is 8.58. The van der Waals surface area contributed by atoms with Crippen LogP contribution in [-0.4, -0.2) is 23.0 Å². The Kier molecular flexibility index (Phi) is 7.66. The van der Waals surface area contributed by atoms with Crippen molar-refractivity contribution in [1.82, 2.24) is 5.32 Å². The Morgan fingerprint density at radius 2 is 1.79 bits per heavy atom. The number of hydrogen-bond acceptors (Lipinski definition) is 4. The molecule has 0 heterocycles. The number of carboxylic acid groups (broad SMARTS) is 1. The molecule has 0 unspecified atom stereocenters. The van der Waals surface area contributed by atoms with Crippen LogP contribution in [0.3, 0.4) is 0 Å². The smallest absolute Gasteiger partial charge is 0.335 e. The Balaban J connectivity index is 2.18. The highest BCUT2D eigenvalue weighted by molar-refractivity contribution is 6.37. The lowest BCUT2D eigenvalue weighted by molar-refractivity contribution is -0.117. The molecule has 0 spiro atoms. The molecule has 29 heavy (non-hydrogen) atoms. The monoisotopic (exact) mass is 432 g/mol. The third kappa shape index (κ3) is 6.24. The molecule has 0 aliphatic heterocycles. The standard InChI is InChI=1S/C21H18Cl2N2O4/c1-12(2)25-20(26)16(10-24)7-14-8-17(22)19(18(23)9-14)29-11-13-3-5-15(6-4-13)21(27)28/h3-9,12H,11H2,1-2H3,(H,25,26)(H,27,28)/b16-7-. The molecule has 6 nitrogen and oxygen atoms in total. The van der Waals surface area contributed by atoms with Gasteiger partial charge in [0.15, 0.2) is 5.75 Å². The first kappa shape index (κ1) is 22.3. The molecule has 1 amide bonds. The molecule has 0 radical (unpaired) electrons. The lowest BCUT2D eigenvalue weighted by Crippen LogP contribution is -2.30. The summed E-state index contributed by atoms with van der Waals surface area (Å²) in [5.74, 6) is -1.25. The molecule has 2 aromatic carbocycles. The Morgan fingerprint density at radius 1 is 1.21 bits per heavy atom. The molecule has 0 saturated heterocycles. The van der Waals surface area contributed by atoms with E-state index < -0.39 is 11.9 Å². The number of nitrogens with one attached hydrogen (secondary N) is 1. The van der Waals surface area contributed by atoms with Crippen LogP contribution in [0.15, 0.2) is 42.0 Å². The van der Waals surface area contributed by atoms with Gasteiger partial charge in [0, 0.05) is 6.04 Å². The van der Waals surface area contributed by atoms with Gasteiger partial charge in [-0.15, -0.1) is 0 Å². The van der Waals surface area contributed by atoms with Gasteiger partial charge < -0.3 is 15.2 Å². The molecule has 8 heteroatoms. The van der Waals surface area contributed by atoms with Crippen molar-refractivity contribution in [3.05, 3.63) is 68.7 Å². The molecule has 0 bridgehead atoms. The van der Waals surface area contributed by atoms with Gasteiger partial charge in [-0.3, -0.25) is 4.79 Å². The third-order valence-corrected chi connectivity index (χ3v) is 4.26. The van der Waals surface area contributed by atoms with Gasteiger partial charge in [0.05, 0.1) is 15.6 Å². The first-order valence-corrected chi connectivity index (χ1v) is 9.33. The van der Waals surface area contributed by atoms with E-state index in [2.05, 4.69) is 5.32 Å². The molecule has 0 saturated carbocycles. The minimum absolute atomic E-state index is 0.0713. The van der Waals surface area contributed by atoms with E-state index in [0.717, 1.165) is 5.56 Å². The summed E-state index contributed by atoms with van der Waals surface area (Å²) in [5.41, 5.74) is 1.32. The highest BCUT2D eigenvalue weighted by atomic mass is 35.5.